The first kappa shape index (κ1) is 22.2. The number of hydrogen-bond donors (Lipinski definition) is 1. The Labute approximate surface area is 171 Å². The van der Waals surface area contributed by atoms with Crippen LogP contribution < -0.4 is 0 Å². The average molecular weight is 446 g/mol. The lowest BCUT2D eigenvalue weighted by atomic mass is 10.0. The molecule has 1 N–H and O–H groups in total. The van der Waals surface area contributed by atoms with Crippen LogP contribution in [0.25, 0.3) is 0 Å². The molecule has 164 valence electrons. The third kappa shape index (κ3) is 4.06. The molecule has 0 spiro atoms. The summed E-state index contributed by atoms with van der Waals surface area (Å²) >= 11 is 0. The number of alkyl halides is 2. The van der Waals surface area contributed by atoms with Gasteiger partial charge in [-0.15, -0.1) is 0 Å². The minimum Gasteiger partial charge on any atom is -0.337 e. The van der Waals surface area contributed by atoms with Crippen LogP contribution in [0.5, 0.6) is 0 Å². The van der Waals surface area contributed by atoms with Crippen LogP contribution in [0.1, 0.15) is 65.2 Å². The van der Waals surface area contributed by atoms with Crippen molar-refractivity contribution >= 4 is 16.0 Å². The van der Waals surface area contributed by atoms with Crippen molar-refractivity contribution in [2.45, 2.75) is 44.3 Å². The zero-order valence-electron chi connectivity index (χ0n) is 16.5. The van der Waals surface area contributed by atoms with Gasteiger partial charge in [-0.25, -0.2) is 0 Å². The standard InChI is InChI=1S/C18H21F3N4O4S/c1-10(2)14-8-16(24-23-14)17(26)25-5-4-12(9-25)15-7-13(6-11(3)22-15)18(19,20)30(27,28)29-21/h6-8,10,12H,4-5,9H2,1-3H3,(H,23,24). The molecule has 0 radical (unpaired) electrons. The highest BCUT2D eigenvalue weighted by molar-refractivity contribution is 7.87. The van der Waals surface area contributed by atoms with Crippen LogP contribution in [0, 0.1) is 6.92 Å². The number of nitrogens with one attached hydrogen (secondary N) is 1. The molecule has 2 aromatic heterocycles. The summed E-state index contributed by atoms with van der Waals surface area (Å²) in [6, 6.07) is 3.44. The predicted octanol–water partition coefficient (Wildman–Crippen LogP) is 3.15. The van der Waals surface area contributed by atoms with Crippen molar-refractivity contribution in [2.75, 3.05) is 13.1 Å². The highest BCUT2D eigenvalue weighted by atomic mass is 32.2. The summed E-state index contributed by atoms with van der Waals surface area (Å²) in [4.78, 5) is 18.4. The smallest absolute Gasteiger partial charge is 0.337 e. The van der Waals surface area contributed by atoms with E-state index in [-0.39, 0.29) is 41.4 Å². The molecule has 0 bridgehead atoms. The Balaban J connectivity index is 1.82. The van der Waals surface area contributed by atoms with Gasteiger partial charge < -0.3 is 4.90 Å². The van der Waals surface area contributed by atoms with E-state index >= 15 is 0 Å². The van der Waals surface area contributed by atoms with Crippen LogP contribution in [0.4, 0.5) is 13.3 Å². The maximum Gasteiger partial charge on any atom is 0.397 e. The fraction of sp³-hybridized carbons (Fsp3) is 0.500. The van der Waals surface area contributed by atoms with E-state index in [9.17, 15) is 26.5 Å². The SMILES string of the molecule is Cc1cc(C(F)(F)S(=O)(=O)OF)cc(C2CCN(C(=O)c3cc(C(C)C)[nH]n3)C2)n1. The Morgan fingerprint density at radius 1 is 1.33 bits per heavy atom. The number of amides is 1. The van der Waals surface area contributed by atoms with E-state index < -0.39 is 20.9 Å². The maximum atomic E-state index is 14.2. The summed E-state index contributed by atoms with van der Waals surface area (Å²) in [5, 5.41) is 2.26. The monoisotopic (exact) mass is 446 g/mol. The second kappa shape index (κ2) is 7.99. The minimum atomic E-state index is -5.78. The molecule has 1 aliphatic rings. The number of aromatic amines is 1. The minimum absolute atomic E-state index is 0.134. The molecule has 1 amide bonds. The number of pyridine rings is 1. The van der Waals surface area contributed by atoms with E-state index in [2.05, 4.69) is 19.6 Å². The highest BCUT2D eigenvalue weighted by Gasteiger charge is 2.50. The van der Waals surface area contributed by atoms with Gasteiger partial charge >= 0.3 is 15.4 Å². The number of rotatable bonds is 6. The number of nitrogens with zero attached hydrogens (tertiary/aromatic N) is 3. The molecule has 1 aliphatic heterocycles. The van der Waals surface area contributed by atoms with Gasteiger partial charge in [0.15, 0.2) is 0 Å². The van der Waals surface area contributed by atoms with E-state index in [1.54, 1.807) is 6.07 Å². The van der Waals surface area contributed by atoms with E-state index in [1.807, 2.05) is 13.8 Å². The number of halogens is 3. The number of aryl methyl sites for hydroxylation is 1. The quantitative estimate of drug-likeness (QED) is 0.731. The topological polar surface area (TPSA) is 105 Å². The number of aromatic nitrogens is 3. The summed E-state index contributed by atoms with van der Waals surface area (Å²) in [5.74, 6) is -0.514. The lowest BCUT2D eigenvalue weighted by molar-refractivity contribution is -0.0290. The second-order valence-electron chi connectivity index (χ2n) is 7.56. The Hall–Kier alpha value is -2.47. The van der Waals surface area contributed by atoms with Crippen molar-refractivity contribution in [3.05, 3.63) is 46.5 Å². The fourth-order valence-corrected chi connectivity index (χ4v) is 3.83. The third-order valence-corrected chi connectivity index (χ3v) is 6.07. The van der Waals surface area contributed by atoms with Gasteiger partial charge in [0, 0.05) is 41.7 Å². The van der Waals surface area contributed by atoms with Crippen LogP contribution in [0.15, 0.2) is 18.2 Å². The van der Waals surface area contributed by atoms with Gasteiger partial charge in [-0.2, -0.15) is 22.3 Å². The van der Waals surface area contributed by atoms with E-state index in [1.165, 1.54) is 11.8 Å². The molecule has 30 heavy (non-hydrogen) atoms. The molecule has 3 heterocycles. The van der Waals surface area contributed by atoms with Crippen molar-refractivity contribution < 1.29 is 30.9 Å². The number of H-pyrrole nitrogens is 1. The fourth-order valence-electron chi connectivity index (χ4n) is 3.35. The molecule has 1 fully saturated rings. The number of carbonyl (C=O) groups is 1. The molecule has 8 nitrogen and oxygen atoms in total. The molecule has 1 unspecified atom stereocenters. The predicted molar refractivity (Wildman–Crippen MR) is 99.9 cm³/mol. The van der Waals surface area contributed by atoms with Crippen molar-refractivity contribution in [3.8, 4) is 0 Å². The largest absolute Gasteiger partial charge is 0.397 e. The Morgan fingerprint density at radius 2 is 2.03 bits per heavy atom. The first-order valence-electron chi connectivity index (χ1n) is 9.22. The van der Waals surface area contributed by atoms with Gasteiger partial charge in [0.2, 0.25) is 0 Å². The molecule has 3 rings (SSSR count). The van der Waals surface area contributed by atoms with Gasteiger partial charge in [-0.05, 0) is 42.0 Å². The molecular formula is C18H21F3N4O4S. The van der Waals surface area contributed by atoms with Gasteiger partial charge in [-0.3, -0.25) is 14.9 Å². The number of hydrogen-bond acceptors (Lipinski definition) is 6. The first-order valence-corrected chi connectivity index (χ1v) is 10.6. The Kier molecular flexibility index (Phi) is 5.92. The lowest BCUT2D eigenvalue weighted by Gasteiger charge is -2.18. The first-order chi connectivity index (χ1) is 14.0. The maximum absolute atomic E-state index is 14.2. The Bertz CT molecular complexity index is 1060. The molecule has 0 saturated carbocycles. The molecule has 2 aromatic rings. The van der Waals surface area contributed by atoms with Crippen LogP contribution >= 0.6 is 0 Å². The van der Waals surface area contributed by atoms with Crippen LogP contribution in [0.2, 0.25) is 0 Å². The Morgan fingerprint density at radius 3 is 2.63 bits per heavy atom. The zero-order chi connectivity index (χ0) is 22.3. The van der Waals surface area contributed by atoms with E-state index in [4.69, 9.17) is 0 Å². The van der Waals surface area contributed by atoms with Crippen LogP contribution in [-0.2, 0) is 19.8 Å². The lowest BCUT2D eigenvalue weighted by Crippen LogP contribution is -2.29. The molecule has 1 saturated heterocycles. The molecule has 0 aliphatic carbocycles. The van der Waals surface area contributed by atoms with Crippen molar-refractivity contribution in [1.82, 2.24) is 20.1 Å². The van der Waals surface area contributed by atoms with Gasteiger partial charge in [0.1, 0.15) is 5.69 Å². The summed E-state index contributed by atoms with van der Waals surface area (Å²) in [7, 11) is -5.78. The summed E-state index contributed by atoms with van der Waals surface area (Å²) in [6.45, 7) is 5.90. The summed E-state index contributed by atoms with van der Waals surface area (Å²) in [5.41, 5.74) is 0.461. The zero-order valence-corrected chi connectivity index (χ0v) is 17.3. The average Bonchev–Trinajstić information content (AvgIpc) is 3.37. The van der Waals surface area contributed by atoms with E-state index in [0.29, 0.717) is 13.0 Å². The van der Waals surface area contributed by atoms with Crippen molar-refractivity contribution in [1.29, 1.82) is 0 Å². The van der Waals surface area contributed by atoms with Gasteiger partial charge in [0.05, 0.1) is 0 Å². The summed E-state index contributed by atoms with van der Waals surface area (Å²) in [6.07, 6.45) is 0.445. The highest BCUT2D eigenvalue weighted by Crippen LogP contribution is 2.37. The molecule has 12 heteroatoms. The molecule has 1 atom stereocenters. The van der Waals surface area contributed by atoms with Gasteiger partial charge in [0.25, 0.3) is 5.91 Å². The summed E-state index contributed by atoms with van der Waals surface area (Å²) < 4.78 is 65.7. The van der Waals surface area contributed by atoms with Crippen LogP contribution in [-0.4, -0.2) is 47.5 Å². The molecular weight excluding hydrogens is 425 g/mol. The number of carbonyl (C=O) groups excluding carboxylic acids is 1. The second-order valence-corrected chi connectivity index (χ2v) is 9.10. The van der Waals surface area contributed by atoms with Crippen molar-refractivity contribution in [2.24, 2.45) is 0 Å². The van der Waals surface area contributed by atoms with E-state index in [0.717, 1.165) is 17.8 Å². The van der Waals surface area contributed by atoms with Crippen LogP contribution in [0.3, 0.4) is 0 Å². The number of likely N-dealkylation sites (tertiary alicyclic amines) is 1. The molecule has 0 aromatic carbocycles. The third-order valence-electron chi connectivity index (χ3n) is 5.04. The van der Waals surface area contributed by atoms with Crippen molar-refractivity contribution in [3.63, 3.8) is 0 Å². The normalized spacial score (nSPS) is 17.7. The van der Waals surface area contributed by atoms with Gasteiger partial charge in [-0.1, -0.05) is 18.2 Å².